The van der Waals surface area contributed by atoms with Crippen LogP contribution < -0.4 is 11.1 Å². The van der Waals surface area contributed by atoms with Crippen molar-refractivity contribution in [1.29, 1.82) is 0 Å². The number of aromatic amines is 2. The van der Waals surface area contributed by atoms with Crippen LogP contribution >= 0.6 is 21.6 Å². The maximum Gasteiger partial charge on any atom is 0.267 e. The quantitative estimate of drug-likeness (QED) is 0.781. The summed E-state index contributed by atoms with van der Waals surface area (Å²) >= 11 is 0. The number of nitrogens with one attached hydrogen (secondary N) is 2. The van der Waals surface area contributed by atoms with E-state index in [2.05, 4.69) is 19.9 Å². The number of rotatable bonds is 3. The van der Waals surface area contributed by atoms with Crippen molar-refractivity contribution in [2.45, 2.75) is 10.1 Å². The minimum Gasteiger partial charge on any atom is -0.314 e. The summed E-state index contributed by atoms with van der Waals surface area (Å²) < 4.78 is 0. The topological polar surface area (TPSA) is 91.5 Å². The Balaban J connectivity index is 2.08. The van der Waals surface area contributed by atoms with Crippen molar-refractivity contribution in [2.75, 3.05) is 0 Å². The van der Waals surface area contributed by atoms with Crippen molar-refractivity contribution < 1.29 is 0 Å². The fourth-order valence-electron chi connectivity index (χ4n) is 0.892. The normalized spacial score (nSPS) is 10.2. The summed E-state index contributed by atoms with van der Waals surface area (Å²) in [5.41, 5.74) is -0.518. The van der Waals surface area contributed by atoms with Crippen LogP contribution in [0.25, 0.3) is 0 Å². The lowest BCUT2D eigenvalue weighted by molar-refractivity contribution is 1.01. The first kappa shape index (κ1) is 11.0. The Labute approximate surface area is 97.3 Å². The molecule has 0 saturated carbocycles. The van der Waals surface area contributed by atoms with Crippen LogP contribution in [0.1, 0.15) is 0 Å². The maximum atomic E-state index is 10.9. The lowest BCUT2D eigenvalue weighted by Gasteiger charge is -1.98. The molecule has 82 valence electrons. The van der Waals surface area contributed by atoms with E-state index in [9.17, 15) is 9.59 Å². The van der Waals surface area contributed by atoms with E-state index < -0.39 is 0 Å². The van der Waals surface area contributed by atoms with Crippen molar-refractivity contribution in [2.24, 2.45) is 0 Å². The van der Waals surface area contributed by atoms with Crippen molar-refractivity contribution in [3.8, 4) is 0 Å². The third-order valence-corrected chi connectivity index (χ3v) is 3.67. The fraction of sp³-hybridized carbons (Fsp3) is 0. The highest BCUT2D eigenvalue weighted by Gasteiger charge is 1.99. The average Bonchev–Trinajstić information content (AvgIpc) is 2.27. The zero-order chi connectivity index (χ0) is 11.4. The van der Waals surface area contributed by atoms with E-state index in [1.165, 1.54) is 46.4 Å². The first-order valence-corrected chi connectivity index (χ1v) is 6.32. The monoisotopic (exact) mass is 254 g/mol. The summed E-state index contributed by atoms with van der Waals surface area (Å²) in [6, 6.07) is 0. The number of aromatic nitrogens is 4. The van der Waals surface area contributed by atoms with E-state index >= 15 is 0 Å². The van der Waals surface area contributed by atoms with Crippen LogP contribution in [-0.4, -0.2) is 19.9 Å². The first-order chi connectivity index (χ1) is 7.74. The van der Waals surface area contributed by atoms with Crippen LogP contribution in [0.2, 0.25) is 0 Å². The molecule has 0 saturated heterocycles. The third-order valence-electron chi connectivity index (χ3n) is 1.48. The Hall–Kier alpha value is -1.54. The second-order valence-corrected chi connectivity index (χ2v) is 4.90. The summed E-state index contributed by atoms with van der Waals surface area (Å²) in [4.78, 5) is 34.6. The van der Waals surface area contributed by atoms with E-state index in [1.54, 1.807) is 0 Å². The van der Waals surface area contributed by atoms with E-state index in [4.69, 9.17) is 0 Å². The van der Waals surface area contributed by atoms with Gasteiger partial charge in [-0.05, 0) is 21.6 Å². The molecule has 2 heterocycles. The van der Waals surface area contributed by atoms with Crippen LogP contribution in [0.4, 0.5) is 0 Å². The molecule has 0 aromatic carbocycles. The van der Waals surface area contributed by atoms with Gasteiger partial charge in [0.2, 0.25) is 0 Å². The standard InChI is InChI=1S/C8H6N4O2S2/c13-5-1-9-3-7(11-5)15-16-8-4-10-2-6(14)12-8/h1-4H,(H,11,13)(H,12,14). The Morgan fingerprint density at radius 3 is 1.62 bits per heavy atom. The molecule has 0 atom stereocenters. The van der Waals surface area contributed by atoms with Gasteiger partial charge in [-0.25, -0.2) is 0 Å². The average molecular weight is 254 g/mol. The van der Waals surface area contributed by atoms with Gasteiger partial charge in [-0.1, -0.05) is 0 Å². The van der Waals surface area contributed by atoms with Crippen molar-refractivity contribution in [3.05, 3.63) is 45.5 Å². The second kappa shape index (κ2) is 4.99. The zero-order valence-electron chi connectivity index (χ0n) is 7.84. The van der Waals surface area contributed by atoms with E-state index in [0.29, 0.717) is 10.1 Å². The largest absolute Gasteiger partial charge is 0.314 e. The number of nitrogens with zero attached hydrogens (tertiary/aromatic N) is 2. The minimum atomic E-state index is -0.259. The fourth-order valence-corrected chi connectivity index (χ4v) is 2.61. The molecule has 0 unspecified atom stereocenters. The molecule has 16 heavy (non-hydrogen) atoms. The predicted molar refractivity (Wildman–Crippen MR) is 61.4 cm³/mol. The maximum absolute atomic E-state index is 10.9. The molecule has 2 N–H and O–H groups in total. The molecular formula is C8H6N4O2S2. The van der Waals surface area contributed by atoms with Crippen LogP contribution in [0, 0.1) is 0 Å². The van der Waals surface area contributed by atoms with Gasteiger partial charge < -0.3 is 9.97 Å². The summed E-state index contributed by atoms with van der Waals surface area (Å²) in [5.74, 6) is 0. The van der Waals surface area contributed by atoms with Crippen LogP contribution in [-0.2, 0) is 0 Å². The second-order valence-electron chi connectivity index (χ2n) is 2.69. The number of H-pyrrole nitrogens is 2. The molecule has 2 rings (SSSR count). The van der Waals surface area contributed by atoms with Gasteiger partial charge in [-0.2, -0.15) is 0 Å². The van der Waals surface area contributed by atoms with E-state index in [-0.39, 0.29) is 11.1 Å². The Kier molecular flexibility index (Phi) is 3.42. The highest BCUT2D eigenvalue weighted by molar-refractivity contribution is 8.76. The molecule has 0 aliphatic carbocycles. The summed E-state index contributed by atoms with van der Waals surface area (Å²) in [5, 5.41) is 1.23. The number of hydrogen-bond acceptors (Lipinski definition) is 6. The summed E-state index contributed by atoms with van der Waals surface area (Å²) in [6.45, 7) is 0. The highest BCUT2D eigenvalue weighted by atomic mass is 33.1. The molecule has 8 heteroatoms. The van der Waals surface area contributed by atoms with Crippen LogP contribution in [0.15, 0.2) is 44.4 Å². The van der Waals surface area contributed by atoms with Crippen LogP contribution in [0.5, 0.6) is 0 Å². The molecule has 0 aliphatic rings. The molecule has 2 aromatic heterocycles. The Morgan fingerprint density at radius 2 is 1.25 bits per heavy atom. The van der Waals surface area contributed by atoms with Gasteiger partial charge in [0.05, 0.1) is 24.8 Å². The molecular weight excluding hydrogens is 248 g/mol. The first-order valence-electron chi connectivity index (χ1n) is 4.17. The highest BCUT2D eigenvalue weighted by Crippen LogP contribution is 2.33. The smallest absolute Gasteiger partial charge is 0.267 e. The molecule has 0 fully saturated rings. The Morgan fingerprint density at radius 1 is 0.812 bits per heavy atom. The number of hydrogen-bond donors (Lipinski definition) is 2. The third kappa shape index (κ3) is 2.97. The zero-order valence-corrected chi connectivity index (χ0v) is 9.47. The lowest BCUT2D eigenvalue weighted by Crippen LogP contribution is -2.05. The lowest BCUT2D eigenvalue weighted by atomic mass is 10.7. The molecule has 0 spiro atoms. The van der Waals surface area contributed by atoms with E-state index in [0.717, 1.165) is 0 Å². The molecule has 0 radical (unpaired) electrons. The SMILES string of the molecule is O=c1cncc(SSc2cncc(=O)[nH]2)[nH]1. The van der Waals surface area contributed by atoms with Gasteiger partial charge in [-0.15, -0.1) is 0 Å². The van der Waals surface area contributed by atoms with Gasteiger partial charge in [0.15, 0.2) is 0 Å². The van der Waals surface area contributed by atoms with Gasteiger partial charge in [0.25, 0.3) is 11.1 Å². The van der Waals surface area contributed by atoms with Gasteiger partial charge >= 0.3 is 0 Å². The van der Waals surface area contributed by atoms with Gasteiger partial charge in [0, 0.05) is 0 Å². The van der Waals surface area contributed by atoms with Crippen molar-refractivity contribution in [1.82, 2.24) is 19.9 Å². The minimum absolute atomic E-state index is 0.259. The predicted octanol–water partition coefficient (Wildman–Crippen LogP) is 0.653. The summed E-state index contributed by atoms with van der Waals surface area (Å²) in [7, 11) is 2.57. The summed E-state index contributed by atoms with van der Waals surface area (Å²) in [6.07, 6.45) is 5.46. The van der Waals surface area contributed by atoms with E-state index in [1.807, 2.05) is 0 Å². The molecule has 6 nitrogen and oxygen atoms in total. The van der Waals surface area contributed by atoms with Gasteiger partial charge in [-0.3, -0.25) is 19.6 Å². The molecule has 2 aromatic rings. The van der Waals surface area contributed by atoms with Crippen molar-refractivity contribution in [3.63, 3.8) is 0 Å². The van der Waals surface area contributed by atoms with Crippen molar-refractivity contribution >= 4 is 21.6 Å². The Bertz CT molecular complexity index is 541. The van der Waals surface area contributed by atoms with Gasteiger partial charge in [0.1, 0.15) is 10.1 Å². The molecule has 0 aliphatic heterocycles. The molecule has 0 amide bonds. The van der Waals surface area contributed by atoms with Crippen LogP contribution in [0.3, 0.4) is 0 Å². The molecule has 0 bridgehead atoms.